The average molecular weight is 303 g/mol. The molecule has 2 aromatic heterocycles. The summed E-state index contributed by atoms with van der Waals surface area (Å²) in [5.74, 6) is 0.477. The quantitative estimate of drug-likeness (QED) is 0.777. The third-order valence-electron chi connectivity index (χ3n) is 3.33. The van der Waals surface area contributed by atoms with Gasteiger partial charge in [0.1, 0.15) is 0 Å². The molecule has 0 aliphatic heterocycles. The predicted molar refractivity (Wildman–Crippen MR) is 82.1 cm³/mol. The summed E-state index contributed by atoms with van der Waals surface area (Å²) in [4.78, 5) is 8.59. The molecule has 0 aliphatic rings. The molecule has 108 valence electrons. The number of aromatic nitrogens is 2. The van der Waals surface area contributed by atoms with Crippen molar-refractivity contribution in [3.63, 3.8) is 0 Å². The van der Waals surface area contributed by atoms with Gasteiger partial charge in [0.25, 0.3) is 0 Å². The molecule has 5 heteroatoms. The van der Waals surface area contributed by atoms with Crippen LogP contribution < -0.4 is 0 Å². The number of aliphatic hydroxyl groups is 1. The number of benzene rings is 1. The van der Waals surface area contributed by atoms with E-state index in [-0.39, 0.29) is 0 Å². The van der Waals surface area contributed by atoms with Gasteiger partial charge in [0, 0.05) is 22.3 Å². The van der Waals surface area contributed by atoms with Gasteiger partial charge in [0.2, 0.25) is 5.89 Å². The van der Waals surface area contributed by atoms with Gasteiger partial charge in [0.15, 0.2) is 11.2 Å². The van der Waals surface area contributed by atoms with E-state index in [1.807, 2.05) is 19.1 Å². The molecule has 1 N–H and O–H groups in total. The molecule has 0 aliphatic carbocycles. The van der Waals surface area contributed by atoms with Crippen molar-refractivity contribution in [1.29, 1.82) is 0 Å². The Hall–Kier alpha value is -1.91. The van der Waals surface area contributed by atoms with E-state index in [9.17, 15) is 5.11 Å². The van der Waals surface area contributed by atoms with Gasteiger partial charge in [-0.25, -0.2) is 4.98 Å². The SMILES string of the molecule is CCCC(O)c1ccnc2nc(-c3ccc(Cl)cc3)oc12. The highest BCUT2D eigenvalue weighted by Crippen LogP contribution is 2.30. The first kappa shape index (κ1) is 14.0. The van der Waals surface area contributed by atoms with Crippen LogP contribution in [0.25, 0.3) is 22.7 Å². The molecule has 1 unspecified atom stereocenters. The first-order valence-corrected chi connectivity index (χ1v) is 7.26. The van der Waals surface area contributed by atoms with E-state index in [1.54, 1.807) is 24.4 Å². The van der Waals surface area contributed by atoms with E-state index in [2.05, 4.69) is 9.97 Å². The molecule has 3 aromatic rings. The Bertz CT molecular complexity index is 753. The lowest BCUT2D eigenvalue weighted by molar-refractivity contribution is 0.167. The number of pyridine rings is 1. The smallest absolute Gasteiger partial charge is 0.228 e. The number of aliphatic hydroxyl groups excluding tert-OH is 1. The van der Waals surface area contributed by atoms with Crippen LogP contribution in [0.15, 0.2) is 40.9 Å². The fourth-order valence-corrected chi connectivity index (χ4v) is 2.38. The molecule has 3 rings (SSSR count). The standard InChI is InChI=1S/C16H15ClN2O2/c1-2-3-13(20)12-8-9-18-15-14(12)21-16(19-15)10-4-6-11(17)7-5-10/h4-9,13,20H,2-3H2,1H3. The van der Waals surface area contributed by atoms with Crippen LogP contribution >= 0.6 is 11.6 Å². The van der Waals surface area contributed by atoms with E-state index in [4.69, 9.17) is 16.0 Å². The third-order valence-corrected chi connectivity index (χ3v) is 3.59. The molecule has 1 aromatic carbocycles. The maximum absolute atomic E-state index is 10.2. The first-order chi connectivity index (χ1) is 10.2. The first-order valence-electron chi connectivity index (χ1n) is 6.88. The molecule has 4 nitrogen and oxygen atoms in total. The summed E-state index contributed by atoms with van der Waals surface area (Å²) in [6, 6.07) is 9.03. The molecule has 0 spiro atoms. The van der Waals surface area contributed by atoms with Gasteiger partial charge < -0.3 is 9.52 Å². The Morgan fingerprint density at radius 3 is 2.71 bits per heavy atom. The molecule has 1 atom stereocenters. The Morgan fingerprint density at radius 1 is 1.24 bits per heavy atom. The topological polar surface area (TPSA) is 59.2 Å². The highest BCUT2D eigenvalue weighted by atomic mass is 35.5. The zero-order valence-electron chi connectivity index (χ0n) is 11.6. The van der Waals surface area contributed by atoms with Gasteiger partial charge in [-0.1, -0.05) is 24.9 Å². The van der Waals surface area contributed by atoms with Crippen LogP contribution in [0.4, 0.5) is 0 Å². The van der Waals surface area contributed by atoms with E-state index < -0.39 is 6.10 Å². The highest BCUT2D eigenvalue weighted by molar-refractivity contribution is 6.30. The number of hydrogen-bond acceptors (Lipinski definition) is 4. The van der Waals surface area contributed by atoms with Gasteiger partial charge in [-0.3, -0.25) is 0 Å². The van der Waals surface area contributed by atoms with Crippen molar-refractivity contribution in [1.82, 2.24) is 9.97 Å². The zero-order chi connectivity index (χ0) is 14.8. The summed E-state index contributed by atoms with van der Waals surface area (Å²) in [6.07, 6.45) is 2.65. The van der Waals surface area contributed by atoms with Crippen molar-refractivity contribution < 1.29 is 9.52 Å². The third kappa shape index (κ3) is 2.77. The number of hydrogen-bond donors (Lipinski definition) is 1. The molecule has 0 fully saturated rings. The lowest BCUT2D eigenvalue weighted by atomic mass is 10.1. The average Bonchev–Trinajstić information content (AvgIpc) is 2.92. The lowest BCUT2D eigenvalue weighted by Crippen LogP contribution is -1.97. The van der Waals surface area contributed by atoms with Crippen molar-refractivity contribution in [2.45, 2.75) is 25.9 Å². The fourth-order valence-electron chi connectivity index (χ4n) is 2.26. The molecule has 2 heterocycles. The van der Waals surface area contributed by atoms with Crippen LogP contribution in [-0.4, -0.2) is 15.1 Å². The molecular weight excluding hydrogens is 288 g/mol. The van der Waals surface area contributed by atoms with Crippen LogP contribution in [0.3, 0.4) is 0 Å². The monoisotopic (exact) mass is 302 g/mol. The van der Waals surface area contributed by atoms with Gasteiger partial charge in [-0.05, 0) is 36.8 Å². The van der Waals surface area contributed by atoms with Crippen molar-refractivity contribution in [2.24, 2.45) is 0 Å². The second-order valence-corrected chi connectivity index (χ2v) is 5.32. The molecule has 0 radical (unpaired) electrons. The molecule has 0 amide bonds. The Balaban J connectivity index is 2.07. The Kier molecular flexibility index (Phi) is 3.90. The van der Waals surface area contributed by atoms with Gasteiger partial charge in [0.05, 0.1) is 6.10 Å². The van der Waals surface area contributed by atoms with Crippen molar-refractivity contribution >= 4 is 22.8 Å². The van der Waals surface area contributed by atoms with Crippen LogP contribution in [0.5, 0.6) is 0 Å². The van der Waals surface area contributed by atoms with Crippen LogP contribution in [-0.2, 0) is 0 Å². The summed E-state index contributed by atoms with van der Waals surface area (Å²) in [6.45, 7) is 2.03. The molecular formula is C16H15ClN2O2. The molecule has 0 saturated carbocycles. The number of oxazole rings is 1. The van der Waals surface area contributed by atoms with E-state index in [0.29, 0.717) is 28.6 Å². The van der Waals surface area contributed by atoms with Crippen molar-refractivity contribution in [2.75, 3.05) is 0 Å². The largest absolute Gasteiger partial charge is 0.434 e. The van der Waals surface area contributed by atoms with Gasteiger partial charge in [-0.15, -0.1) is 0 Å². The van der Waals surface area contributed by atoms with Crippen LogP contribution in [0, 0.1) is 0 Å². The highest BCUT2D eigenvalue weighted by Gasteiger charge is 2.17. The second kappa shape index (κ2) is 5.84. The summed E-state index contributed by atoms with van der Waals surface area (Å²) in [5.41, 5.74) is 2.61. The Labute approximate surface area is 127 Å². The zero-order valence-corrected chi connectivity index (χ0v) is 12.3. The van der Waals surface area contributed by atoms with Crippen molar-refractivity contribution in [3.8, 4) is 11.5 Å². The molecule has 0 bridgehead atoms. The number of nitrogens with zero attached hydrogens (tertiary/aromatic N) is 2. The van der Waals surface area contributed by atoms with E-state index >= 15 is 0 Å². The minimum atomic E-state index is -0.563. The predicted octanol–water partition coefficient (Wildman–Crippen LogP) is 4.38. The molecule has 0 saturated heterocycles. The summed E-state index contributed by atoms with van der Waals surface area (Å²) in [7, 11) is 0. The summed E-state index contributed by atoms with van der Waals surface area (Å²) >= 11 is 5.88. The normalized spacial score (nSPS) is 12.7. The minimum absolute atomic E-state index is 0.477. The lowest BCUT2D eigenvalue weighted by Gasteiger charge is -2.08. The minimum Gasteiger partial charge on any atom is -0.434 e. The van der Waals surface area contributed by atoms with Crippen molar-refractivity contribution in [3.05, 3.63) is 47.1 Å². The molecule has 21 heavy (non-hydrogen) atoms. The van der Waals surface area contributed by atoms with Gasteiger partial charge in [-0.2, -0.15) is 4.98 Å². The van der Waals surface area contributed by atoms with E-state index in [1.165, 1.54) is 0 Å². The number of rotatable bonds is 4. The number of fused-ring (bicyclic) bond motifs is 1. The van der Waals surface area contributed by atoms with Crippen LogP contribution in [0.1, 0.15) is 31.4 Å². The van der Waals surface area contributed by atoms with Crippen LogP contribution in [0.2, 0.25) is 5.02 Å². The second-order valence-electron chi connectivity index (χ2n) is 4.88. The maximum Gasteiger partial charge on any atom is 0.228 e. The van der Waals surface area contributed by atoms with E-state index in [0.717, 1.165) is 17.5 Å². The fraction of sp³-hybridized carbons (Fsp3) is 0.250. The summed E-state index contributed by atoms with van der Waals surface area (Å²) in [5, 5.41) is 10.9. The summed E-state index contributed by atoms with van der Waals surface area (Å²) < 4.78 is 5.82. The maximum atomic E-state index is 10.2. The number of halogens is 1. The van der Waals surface area contributed by atoms with Gasteiger partial charge >= 0.3 is 0 Å². The Morgan fingerprint density at radius 2 is 2.00 bits per heavy atom.